The molecule has 0 atom stereocenters. The van der Waals surface area contributed by atoms with Crippen molar-refractivity contribution in [2.45, 2.75) is 6.92 Å². The van der Waals surface area contributed by atoms with Gasteiger partial charge in [0.15, 0.2) is 0 Å². The fraction of sp³-hybridized carbons (Fsp3) is 0.400. The van der Waals surface area contributed by atoms with E-state index in [2.05, 4.69) is 11.3 Å². The van der Waals surface area contributed by atoms with Gasteiger partial charge < -0.3 is 24.0 Å². The van der Waals surface area contributed by atoms with E-state index in [1.54, 1.807) is 6.92 Å². The minimum Gasteiger partial charge on any atom is -0.822 e. The van der Waals surface area contributed by atoms with Crippen LogP contribution >= 0.6 is 7.82 Å². The van der Waals surface area contributed by atoms with E-state index >= 15 is 0 Å². The smallest absolute Gasteiger partial charge is 0.330 e. The number of rotatable bonds is 2. The molecule has 72 valence electrons. The van der Waals surface area contributed by atoms with Crippen molar-refractivity contribution in [2.24, 2.45) is 0 Å². The summed E-state index contributed by atoms with van der Waals surface area (Å²) in [6.45, 7) is 5.38. The van der Waals surface area contributed by atoms with E-state index in [1.807, 2.05) is 0 Å². The second-order valence-corrected chi connectivity index (χ2v) is 2.30. The quantitative estimate of drug-likeness (QED) is 0.283. The van der Waals surface area contributed by atoms with Crippen molar-refractivity contribution in [3.8, 4) is 0 Å². The molecule has 0 bridgehead atoms. The highest BCUT2D eigenvalue weighted by Gasteiger charge is 1.86. The van der Waals surface area contributed by atoms with Crippen molar-refractivity contribution >= 4 is 13.8 Å². The van der Waals surface area contributed by atoms with Crippen LogP contribution in [0.5, 0.6) is 0 Å². The predicted octanol–water partition coefficient (Wildman–Crippen LogP) is -2.09. The Labute approximate surface area is 69.7 Å². The van der Waals surface area contributed by atoms with E-state index in [0.717, 1.165) is 6.08 Å². The van der Waals surface area contributed by atoms with Crippen molar-refractivity contribution in [3.05, 3.63) is 12.7 Å². The maximum absolute atomic E-state index is 10.1. The summed E-state index contributed by atoms with van der Waals surface area (Å²) in [6.07, 6.45) is 1.14. The molecule has 0 spiro atoms. The van der Waals surface area contributed by atoms with Crippen LogP contribution < -0.4 is 14.7 Å². The van der Waals surface area contributed by atoms with Gasteiger partial charge in [0.25, 0.3) is 0 Å². The van der Waals surface area contributed by atoms with Crippen LogP contribution in [0, 0.1) is 0 Å². The SMILES string of the molecule is C=CC(=O)OCC.O=P([O-])([O-])[O-]. The molecular formula is C5H8O6P-3. The lowest BCUT2D eigenvalue weighted by Crippen LogP contribution is -2.24. The lowest BCUT2D eigenvalue weighted by atomic mass is 10.6. The number of phosphoric acid groups is 1. The molecule has 0 unspecified atom stereocenters. The van der Waals surface area contributed by atoms with Crippen molar-refractivity contribution in [1.29, 1.82) is 0 Å². The summed E-state index contributed by atoms with van der Waals surface area (Å²) in [5.41, 5.74) is 0. The van der Waals surface area contributed by atoms with E-state index in [-0.39, 0.29) is 5.97 Å². The summed E-state index contributed by atoms with van der Waals surface area (Å²) in [4.78, 5) is 35.7. The second kappa shape index (κ2) is 7.00. The Morgan fingerprint density at radius 2 is 1.92 bits per heavy atom. The normalized spacial score (nSPS) is 9.33. The molecule has 0 aromatic heterocycles. The maximum atomic E-state index is 10.1. The first kappa shape index (κ1) is 13.9. The van der Waals surface area contributed by atoms with Gasteiger partial charge in [-0.2, -0.15) is 7.82 Å². The topological polar surface area (TPSA) is 113 Å². The maximum Gasteiger partial charge on any atom is 0.330 e. The highest BCUT2D eigenvalue weighted by Crippen LogP contribution is 2.03. The van der Waals surface area contributed by atoms with Crippen LogP contribution in [-0.4, -0.2) is 12.6 Å². The first-order valence-electron chi connectivity index (χ1n) is 2.83. The fourth-order valence-electron chi connectivity index (χ4n) is 0.201. The monoisotopic (exact) mass is 195 g/mol. The van der Waals surface area contributed by atoms with Gasteiger partial charge in [0.1, 0.15) is 0 Å². The van der Waals surface area contributed by atoms with Crippen LogP contribution in [0.25, 0.3) is 0 Å². The van der Waals surface area contributed by atoms with Gasteiger partial charge in [0, 0.05) is 6.08 Å². The summed E-state index contributed by atoms with van der Waals surface area (Å²) in [5.74, 6) is -0.359. The lowest BCUT2D eigenvalue weighted by Gasteiger charge is -2.36. The Kier molecular flexibility index (Phi) is 8.09. The Morgan fingerprint density at radius 1 is 1.58 bits per heavy atom. The summed E-state index contributed by atoms with van der Waals surface area (Å²) in [5, 5.41) is 0. The number of carbonyl (C=O) groups is 1. The molecule has 0 amide bonds. The largest absolute Gasteiger partial charge is 0.822 e. The molecule has 0 aromatic carbocycles. The number of hydrogen-bond donors (Lipinski definition) is 0. The molecule has 7 heteroatoms. The van der Waals surface area contributed by atoms with E-state index in [1.165, 1.54) is 0 Å². The minimum atomic E-state index is -5.39. The van der Waals surface area contributed by atoms with Crippen molar-refractivity contribution in [2.75, 3.05) is 6.61 Å². The molecule has 0 aliphatic carbocycles. The highest BCUT2D eigenvalue weighted by molar-refractivity contribution is 7.40. The van der Waals surface area contributed by atoms with Gasteiger partial charge in [-0.05, 0) is 6.92 Å². The molecule has 0 heterocycles. The third-order valence-electron chi connectivity index (χ3n) is 0.453. The third kappa shape index (κ3) is 34.6. The zero-order valence-electron chi connectivity index (χ0n) is 6.39. The highest BCUT2D eigenvalue weighted by atomic mass is 31.2. The van der Waals surface area contributed by atoms with Gasteiger partial charge in [-0.15, -0.1) is 0 Å². The molecular weight excluding hydrogens is 187 g/mol. The fourth-order valence-corrected chi connectivity index (χ4v) is 0.201. The number of carbonyl (C=O) groups excluding carboxylic acids is 1. The van der Waals surface area contributed by atoms with Gasteiger partial charge in [0.05, 0.1) is 6.61 Å². The third-order valence-corrected chi connectivity index (χ3v) is 0.453. The van der Waals surface area contributed by atoms with E-state index in [4.69, 9.17) is 19.2 Å². The lowest BCUT2D eigenvalue weighted by molar-refractivity contribution is -0.432. The van der Waals surface area contributed by atoms with Gasteiger partial charge in [-0.25, -0.2) is 4.79 Å². The predicted molar refractivity (Wildman–Crippen MR) is 34.4 cm³/mol. The number of hydrogen-bond acceptors (Lipinski definition) is 6. The average molecular weight is 195 g/mol. The Morgan fingerprint density at radius 3 is 2.00 bits per heavy atom. The Hall–Kier alpha value is -0.680. The summed E-state index contributed by atoms with van der Waals surface area (Å²) < 4.78 is 13.0. The van der Waals surface area contributed by atoms with Gasteiger partial charge >= 0.3 is 5.97 Å². The molecule has 0 fully saturated rings. The van der Waals surface area contributed by atoms with Crippen LogP contribution in [0.2, 0.25) is 0 Å². The molecule has 0 aliphatic rings. The van der Waals surface area contributed by atoms with Crippen LogP contribution in [0.3, 0.4) is 0 Å². The molecule has 0 aliphatic heterocycles. The van der Waals surface area contributed by atoms with Crippen LogP contribution in [0.4, 0.5) is 0 Å². The van der Waals surface area contributed by atoms with E-state index in [9.17, 15) is 4.79 Å². The second-order valence-electron chi connectivity index (χ2n) is 1.40. The number of esters is 1. The van der Waals surface area contributed by atoms with Crippen LogP contribution in [-0.2, 0) is 14.1 Å². The molecule has 12 heavy (non-hydrogen) atoms. The zero-order valence-corrected chi connectivity index (χ0v) is 7.28. The summed E-state index contributed by atoms with van der Waals surface area (Å²) in [7, 11) is -5.39. The van der Waals surface area contributed by atoms with Crippen molar-refractivity contribution in [3.63, 3.8) is 0 Å². The van der Waals surface area contributed by atoms with Crippen LogP contribution in [0.1, 0.15) is 6.92 Å². The first-order valence-corrected chi connectivity index (χ1v) is 4.29. The van der Waals surface area contributed by atoms with E-state index in [0.29, 0.717) is 6.61 Å². The van der Waals surface area contributed by atoms with Gasteiger partial charge in [-0.1, -0.05) is 6.58 Å². The van der Waals surface area contributed by atoms with Crippen molar-refractivity contribution < 1.29 is 28.8 Å². The first-order chi connectivity index (χ1) is 5.31. The molecule has 0 saturated carbocycles. The van der Waals surface area contributed by atoms with E-state index < -0.39 is 7.82 Å². The standard InChI is InChI=1S/C5H8O2.H3O4P/c1-3-5(6)7-4-2;1-5(2,3)4/h3H,1,4H2,2H3;(H3,1,2,3,4)/p-3. The Balaban J connectivity index is 0. The molecule has 0 saturated heterocycles. The summed E-state index contributed by atoms with van der Waals surface area (Å²) in [6, 6.07) is 0. The average Bonchev–Trinajstić information content (AvgIpc) is 1.85. The molecule has 0 N–H and O–H groups in total. The number of ether oxygens (including phenoxy) is 1. The summed E-state index contributed by atoms with van der Waals surface area (Å²) >= 11 is 0. The molecule has 0 rings (SSSR count). The minimum absolute atomic E-state index is 0.359. The van der Waals surface area contributed by atoms with Gasteiger partial charge in [-0.3, -0.25) is 0 Å². The molecule has 0 radical (unpaired) electrons. The van der Waals surface area contributed by atoms with Crippen molar-refractivity contribution in [1.82, 2.24) is 0 Å². The molecule has 6 nitrogen and oxygen atoms in total. The Bertz CT molecular complexity index is 174. The zero-order chi connectivity index (χ0) is 10.2. The van der Waals surface area contributed by atoms with Crippen LogP contribution in [0.15, 0.2) is 12.7 Å². The molecule has 0 aromatic rings. The van der Waals surface area contributed by atoms with Gasteiger partial charge in [0.2, 0.25) is 0 Å².